The molecular formula is C11H10Cl2N4O3. The van der Waals surface area contributed by atoms with Crippen molar-refractivity contribution < 1.29 is 14.4 Å². The fraction of sp³-hybridized carbons (Fsp3) is 0.364. The molecule has 1 aliphatic rings. The van der Waals surface area contributed by atoms with E-state index in [1.165, 1.54) is 19.9 Å². The molecule has 1 aliphatic heterocycles. The second-order valence-electron chi connectivity index (χ2n) is 4.70. The normalized spacial score (nSPS) is 17.9. The molecular weight excluding hydrogens is 307 g/mol. The fourth-order valence-electron chi connectivity index (χ4n) is 1.76. The molecule has 0 aliphatic carbocycles. The van der Waals surface area contributed by atoms with Gasteiger partial charge in [0.05, 0.1) is 5.56 Å². The molecule has 0 saturated carbocycles. The van der Waals surface area contributed by atoms with Gasteiger partial charge in [-0.05, 0) is 19.9 Å². The molecule has 1 N–H and O–H groups in total. The molecule has 1 saturated heterocycles. The number of aromatic nitrogens is 2. The highest BCUT2D eigenvalue weighted by atomic mass is 35.5. The number of nitrogens with zero attached hydrogens (tertiary/aromatic N) is 3. The van der Waals surface area contributed by atoms with E-state index in [1.807, 2.05) is 0 Å². The van der Waals surface area contributed by atoms with Gasteiger partial charge in [-0.25, -0.2) is 0 Å². The number of nitrogens with one attached hydrogen (secondary N) is 1. The van der Waals surface area contributed by atoms with Crippen molar-refractivity contribution >= 4 is 40.9 Å². The lowest BCUT2D eigenvalue weighted by molar-refractivity contribution is -0.143. The predicted molar refractivity (Wildman–Crippen MR) is 70.3 cm³/mol. The second-order valence-corrected chi connectivity index (χ2v) is 5.44. The smallest absolute Gasteiger partial charge is 0.258 e. The summed E-state index contributed by atoms with van der Waals surface area (Å²) in [5.74, 6) is -1.74. The first-order valence-corrected chi connectivity index (χ1v) is 6.34. The zero-order valence-electron chi connectivity index (χ0n) is 10.6. The molecule has 1 aromatic rings. The summed E-state index contributed by atoms with van der Waals surface area (Å²) in [6.07, 6.45) is 0. The van der Waals surface area contributed by atoms with E-state index in [4.69, 9.17) is 23.2 Å². The molecule has 3 amide bonds. The van der Waals surface area contributed by atoms with Crippen molar-refractivity contribution in [3.05, 3.63) is 21.9 Å². The minimum absolute atomic E-state index is 0.0108. The van der Waals surface area contributed by atoms with Crippen LogP contribution in [0.4, 0.5) is 0 Å². The van der Waals surface area contributed by atoms with Crippen LogP contribution < -0.4 is 5.32 Å². The molecule has 7 nitrogen and oxygen atoms in total. The highest BCUT2D eigenvalue weighted by molar-refractivity contribution is 6.34. The van der Waals surface area contributed by atoms with Crippen molar-refractivity contribution in [2.24, 2.45) is 0 Å². The number of rotatable bonds is 1. The van der Waals surface area contributed by atoms with E-state index in [-0.39, 0.29) is 22.4 Å². The van der Waals surface area contributed by atoms with Crippen LogP contribution in [0.5, 0.6) is 0 Å². The second kappa shape index (κ2) is 4.99. The van der Waals surface area contributed by atoms with E-state index < -0.39 is 23.3 Å². The minimum Gasteiger partial charge on any atom is -0.315 e. The topological polar surface area (TPSA) is 92.3 Å². The van der Waals surface area contributed by atoms with Crippen LogP contribution in [0, 0.1) is 0 Å². The van der Waals surface area contributed by atoms with Gasteiger partial charge in [-0.15, -0.1) is 10.2 Å². The first kappa shape index (κ1) is 14.7. The van der Waals surface area contributed by atoms with Crippen molar-refractivity contribution in [1.29, 1.82) is 0 Å². The minimum atomic E-state index is -1.19. The Bertz CT molecular complexity index is 618. The Labute approximate surface area is 124 Å². The molecule has 2 rings (SSSR count). The van der Waals surface area contributed by atoms with Crippen LogP contribution in [0.15, 0.2) is 6.07 Å². The first-order chi connectivity index (χ1) is 9.23. The number of halogens is 2. The average Bonchev–Trinajstić information content (AvgIpc) is 2.36. The summed E-state index contributed by atoms with van der Waals surface area (Å²) >= 11 is 11.5. The molecule has 0 bridgehead atoms. The van der Waals surface area contributed by atoms with E-state index in [9.17, 15) is 14.4 Å². The van der Waals surface area contributed by atoms with Gasteiger partial charge in [0.2, 0.25) is 5.91 Å². The van der Waals surface area contributed by atoms with Crippen molar-refractivity contribution in [2.75, 3.05) is 6.54 Å². The lowest BCUT2D eigenvalue weighted by atomic mass is 9.97. The van der Waals surface area contributed by atoms with Gasteiger partial charge < -0.3 is 4.90 Å². The molecule has 9 heteroatoms. The molecule has 20 heavy (non-hydrogen) atoms. The third-order valence-electron chi connectivity index (χ3n) is 2.98. The maximum Gasteiger partial charge on any atom is 0.258 e. The van der Waals surface area contributed by atoms with Gasteiger partial charge in [0, 0.05) is 0 Å². The number of amides is 3. The van der Waals surface area contributed by atoms with E-state index in [0.29, 0.717) is 0 Å². The van der Waals surface area contributed by atoms with Crippen LogP contribution in [0.25, 0.3) is 0 Å². The third kappa shape index (κ3) is 2.46. The van der Waals surface area contributed by atoms with Crippen molar-refractivity contribution in [1.82, 2.24) is 20.4 Å². The van der Waals surface area contributed by atoms with Gasteiger partial charge >= 0.3 is 0 Å². The van der Waals surface area contributed by atoms with Gasteiger partial charge in [-0.1, -0.05) is 23.2 Å². The predicted octanol–water partition coefficient (Wildman–Crippen LogP) is 0.661. The van der Waals surface area contributed by atoms with E-state index in [1.54, 1.807) is 0 Å². The summed E-state index contributed by atoms with van der Waals surface area (Å²) in [7, 11) is 0. The molecule has 1 fully saturated rings. The van der Waals surface area contributed by atoms with E-state index >= 15 is 0 Å². The molecule has 0 radical (unpaired) electrons. The number of piperazine rings is 1. The fourth-order valence-corrected chi connectivity index (χ4v) is 2.08. The Balaban J connectivity index is 2.43. The summed E-state index contributed by atoms with van der Waals surface area (Å²) < 4.78 is 0. The Kier molecular flexibility index (Phi) is 3.66. The summed E-state index contributed by atoms with van der Waals surface area (Å²) in [5, 5.41) is 9.05. The van der Waals surface area contributed by atoms with Gasteiger partial charge in [0.25, 0.3) is 11.8 Å². The molecule has 0 unspecified atom stereocenters. The lowest BCUT2D eigenvalue weighted by Crippen LogP contribution is -2.65. The van der Waals surface area contributed by atoms with Gasteiger partial charge in [-0.3, -0.25) is 19.7 Å². The van der Waals surface area contributed by atoms with Crippen LogP contribution >= 0.6 is 23.2 Å². The highest BCUT2D eigenvalue weighted by Crippen LogP contribution is 2.24. The quantitative estimate of drug-likeness (QED) is 0.768. The molecule has 0 spiro atoms. The van der Waals surface area contributed by atoms with Gasteiger partial charge in [0.15, 0.2) is 10.3 Å². The third-order valence-corrected chi connectivity index (χ3v) is 3.44. The number of hydrogen-bond donors (Lipinski definition) is 1. The largest absolute Gasteiger partial charge is 0.315 e. The molecule has 1 aromatic heterocycles. The number of carbonyl (C=O) groups excluding carboxylic acids is 3. The summed E-state index contributed by atoms with van der Waals surface area (Å²) in [5.41, 5.74) is -1.20. The van der Waals surface area contributed by atoms with Gasteiger partial charge in [0.1, 0.15) is 12.1 Å². The summed E-state index contributed by atoms with van der Waals surface area (Å²) in [6.45, 7) is 2.79. The van der Waals surface area contributed by atoms with E-state index in [2.05, 4.69) is 15.5 Å². The van der Waals surface area contributed by atoms with Crippen molar-refractivity contribution in [2.45, 2.75) is 19.4 Å². The van der Waals surface area contributed by atoms with Crippen LogP contribution in [0.1, 0.15) is 24.2 Å². The maximum absolute atomic E-state index is 12.5. The monoisotopic (exact) mass is 316 g/mol. The average molecular weight is 317 g/mol. The zero-order chi connectivity index (χ0) is 15.1. The SMILES string of the molecule is CC1(C)C(=O)NC(=O)CN1C(=O)c1cc(Cl)nnc1Cl. The highest BCUT2D eigenvalue weighted by Gasteiger charge is 2.44. The Morgan fingerprint density at radius 1 is 1.35 bits per heavy atom. The number of imide groups is 1. The van der Waals surface area contributed by atoms with Crippen LogP contribution in [-0.2, 0) is 9.59 Å². The number of carbonyl (C=O) groups is 3. The van der Waals surface area contributed by atoms with E-state index in [0.717, 1.165) is 4.90 Å². The Hall–Kier alpha value is -1.73. The van der Waals surface area contributed by atoms with Crippen LogP contribution in [-0.4, -0.2) is 44.9 Å². The van der Waals surface area contributed by atoms with Crippen LogP contribution in [0.2, 0.25) is 10.3 Å². The standard InChI is InChI=1S/C11H10Cl2N4O3/c1-11(2)10(20)14-7(18)4-17(11)9(19)5-3-6(12)15-16-8(5)13/h3H,4H2,1-2H3,(H,14,18,20). The molecule has 0 atom stereocenters. The molecule has 106 valence electrons. The van der Waals surface area contributed by atoms with Gasteiger partial charge in [-0.2, -0.15) is 0 Å². The Morgan fingerprint density at radius 3 is 2.65 bits per heavy atom. The number of hydrogen-bond acceptors (Lipinski definition) is 5. The van der Waals surface area contributed by atoms with Crippen molar-refractivity contribution in [3.8, 4) is 0 Å². The lowest BCUT2D eigenvalue weighted by Gasteiger charge is -2.40. The molecule has 2 heterocycles. The zero-order valence-corrected chi connectivity index (χ0v) is 12.1. The first-order valence-electron chi connectivity index (χ1n) is 5.58. The molecule has 0 aromatic carbocycles. The Morgan fingerprint density at radius 2 is 2.00 bits per heavy atom. The van der Waals surface area contributed by atoms with Crippen LogP contribution in [0.3, 0.4) is 0 Å². The summed E-state index contributed by atoms with van der Waals surface area (Å²) in [6, 6.07) is 1.24. The van der Waals surface area contributed by atoms with Crippen molar-refractivity contribution in [3.63, 3.8) is 0 Å². The maximum atomic E-state index is 12.5. The summed E-state index contributed by atoms with van der Waals surface area (Å²) in [4.78, 5) is 36.8.